The number of anilines is 1. The van der Waals surface area contributed by atoms with Gasteiger partial charge in [-0.15, -0.1) is 0 Å². The predicted octanol–water partition coefficient (Wildman–Crippen LogP) is 2.17. The summed E-state index contributed by atoms with van der Waals surface area (Å²) in [4.78, 5) is 30.0. The van der Waals surface area contributed by atoms with Crippen molar-refractivity contribution < 1.29 is 14.3 Å². The minimum atomic E-state index is -0.735. The summed E-state index contributed by atoms with van der Waals surface area (Å²) in [6.07, 6.45) is 0.886. The highest BCUT2D eigenvalue weighted by molar-refractivity contribution is 5.94. The van der Waals surface area contributed by atoms with E-state index < -0.39 is 6.10 Å². The monoisotopic (exact) mass is 327 g/mol. The maximum atomic E-state index is 12.5. The van der Waals surface area contributed by atoms with Crippen molar-refractivity contribution in [2.24, 2.45) is 0 Å². The predicted molar refractivity (Wildman–Crippen MR) is 91.4 cm³/mol. The van der Waals surface area contributed by atoms with Crippen molar-refractivity contribution in [2.75, 3.05) is 26.0 Å². The van der Waals surface area contributed by atoms with Crippen molar-refractivity contribution in [3.63, 3.8) is 0 Å². The Morgan fingerprint density at radius 1 is 1.25 bits per heavy atom. The zero-order chi connectivity index (χ0) is 17.5. The van der Waals surface area contributed by atoms with E-state index in [0.29, 0.717) is 5.82 Å². The molecule has 0 aliphatic rings. The summed E-state index contributed by atoms with van der Waals surface area (Å²) in [6.45, 7) is 1.83. The highest BCUT2D eigenvalue weighted by Gasteiger charge is 2.24. The van der Waals surface area contributed by atoms with Gasteiger partial charge in [0.15, 0.2) is 6.10 Å². The number of nitrogens with zero attached hydrogens (tertiary/aromatic N) is 2. The van der Waals surface area contributed by atoms with E-state index in [1.54, 1.807) is 19.3 Å². The second-order valence-electron chi connectivity index (χ2n) is 5.49. The van der Waals surface area contributed by atoms with Crippen LogP contribution in [0.1, 0.15) is 17.2 Å². The maximum absolute atomic E-state index is 12.5. The SMILES string of the molecule is CO[C@@H](C(=O)N(C)CC(=O)Nc1cc(C)ccn1)c1ccccc1. The first kappa shape index (κ1) is 17.6. The number of hydrogen-bond acceptors (Lipinski definition) is 4. The number of amides is 2. The molecule has 1 aromatic heterocycles. The average Bonchev–Trinajstić information content (AvgIpc) is 2.56. The van der Waals surface area contributed by atoms with Crippen LogP contribution >= 0.6 is 0 Å². The fourth-order valence-corrected chi connectivity index (χ4v) is 2.29. The molecule has 2 rings (SSSR count). The fourth-order valence-electron chi connectivity index (χ4n) is 2.29. The lowest BCUT2D eigenvalue weighted by molar-refractivity contribution is -0.143. The summed E-state index contributed by atoms with van der Waals surface area (Å²) in [5.41, 5.74) is 1.74. The van der Waals surface area contributed by atoms with Crippen LogP contribution in [-0.2, 0) is 14.3 Å². The highest BCUT2D eigenvalue weighted by atomic mass is 16.5. The third kappa shape index (κ3) is 4.63. The van der Waals surface area contributed by atoms with Gasteiger partial charge in [0.05, 0.1) is 6.54 Å². The number of hydrogen-bond donors (Lipinski definition) is 1. The van der Waals surface area contributed by atoms with Crippen molar-refractivity contribution in [1.29, 1.82) is 0 Å². The van der Waals surface area contributed by atoms with Gasteiger partial charge in [0.2, 0.25) is 5.91 Å². The highest BCUT2D eigenvalue weighted by Crippen LogP contribution is 2.18. The number of ether oxygens (including phenoxy) is 1. The van der Waals surface area contributed by atoms with Gasteiger partial charge in [-0.2, -0.15) is 0 Å². The molecule has 1 aromatic carbocycles. The summed E-state index contributed by atoms with van der Waals surface area (Å²) in [5.74, 6) is -0.130. The molecular formula is C18H21N3O3. The zero-order valence-electron chi connectivity index (χ0n) is 14.0. The van der Waals surface area contributed by atoms with Gasteiger partial charge in [-0.1, -0.05) is 30.3 Å². The van der Waals surface area contributed by atoms with Crippen LogP contribution in [0.2, 0.25) is 0 Å². The lowest BCUT2D eigenvalue weighted by atomic mass is 10.1. The van der Waals surface area contributed by atoms with Gasteiger partial charge < -0.3 is 15.0 Å². The second kappa shape index (κ2) is 8.21. The van der Waals surface area contributed by atoms with Crippen molar-refractivity contribution >= 4 is 17.6 Å². The normalized spacial score (nSPS) is 11.6. The molecule has 1 atom stereocenters. The Morgan fingerprint density at radius 3 is 2.58 bits per heavy atom. The molecule has 126 valence electrons. The molecule has 0 saturated carbocycles. The number of carbonyl (C=O) groups is 2. The first-order valence-corrected chi connectivity index (χ1v) is 7.56. The molecule has 1 heterocycles. The molecule has 2 amide bonds. The summed E-state index contributed by atoms with van der Waals surface area (Å²) < 4.78 is 5.30. The first-order valence-electron chi connectivity index (χ1n) is 7.56. The molecular weight excluding hydrogens is 306 g/mol. The van der Waals surface area contributed by atoms with Crippen molar-refractivity contribution in [1.82, 2.24) is 9.88 Å². The van der Waals surface area contributed by atoms with Crippen molar-refractivity contribution in [2.45, 2.75) is 13.0 Å². The number of aromatic nitrogens is 1. The Bertz CT molecular complexity index is 704. The molecule has 0 radical (unpaired) electrons. The van der Waals surface area contributed by atoms with Crippen LogP contribution in [0.4, 0.5) is 5.82 Å². The Labute approximate surface area is 141 Å². The van der Waals surface area contributed by atoms with Gasteiger partial charge in [-0.05, 0) is 30.2 Å². The summed E-state index contributed by atoms with van der Waals surface area (Å²) in [7, 11) is 3.04. The molecule has 0 aliphatic heterocycles. The Balaban J connectivity index is 1.98. The molecule has 2 aromatic rings. The van der Waals surface area contributed by atoms with Crippen molar-refractivity contribution in [3.8, 4) is 0 Å². The van der Waals surface area contributed by atoms with Gasteiger partial charge in [0, 0.05) is 20.4 Å². The Hall–Kier alpha value is -2.73. The van der Waals surface area contributed by atoms with E-state index in [1.165, 1.54) is 12.0 Å². The van der Waals surface area contributed by atoms with E-state index in [1.807, 2.05) is 43.3 Å². The summed E-state index contributed by atoms with van der Waals surface area (Å²) >= 11 is 0. The van der Waals surface area contributed by atoms with Crippen LogP contribution in [-0.4, -0.2) is 42.4 Å². The van der Waals surface area contributed by atoms with E-state index in [4.69, 9.17) is 4.74 Å². The third-order valence-electron chi connectivity index (χ3n) is 3.50. The Kier molecular flexibility index (Phi) is 6.03. The number of methoxy groups -OCH3 is 1. The molecule has 0 saturated heterocycles. The minimum absolute atomic E-state index is 0.0822. The van der Waals surface area contributed by atoms with Crippen LogP contribution in [0.5, 0.6) is 0 Å². The third-order valence-corrected chi connectivity index (χ3v) is 3.50. The lowest BCUT2D eigenvalue weighted by Crippen LogP contribution is -2.38. The zero-order valence-corrected chi connectivity index (χ0v) is 14.0. The number of carbonyl (C=O) groups excluding carboxylic acids is 2. The van der Waals surface area contributed by atoms with Gasteiger partial charge in [-0.25, -0.2) is 4.98 Å². The lowest BCUT2D eigenvalue weighted by Gasteiger charge is -2.22. The smallest absolute Gasteiger partial charge is 0.256 e. The van der Waals surface area contributed by atoms with Crippen LogP contribution < -0.4 is 5.32 Å². The first-order chi connectivity index (χ1) is 11.5. The van der Waals surface area contributed by atoms with Crippen LogP contribution in [0.15, 0.2) is 48.7 Å². The number of aryl methyl sites for hydroxylation is 1. The minimum Gasteiger partial charge on any atom is -0.367 e. The average molecular weight is 327 g/mol. The standard InChI is InChI=1S/C18H21N3O3/c1-13-9-10-19-15(11-13)20-16(22)12-21(2)18(23)17(24-3)14-7-5-4-6-8-14/h4-11,17H,12H2,1-3H3,(H,19,20,22)/t17-/m1/s1. The van der Waals surface area contributed by atoms with Gasteiger partial charge in [0.1, 0.15) is 5.82 Å². The van der Waals surface area contributed by atoms with Crippen LogP contribution in [0, 0.1) is 6.92 Å². The molecule has 0 unspecified atom stereocenters. The topological polar surface area (TPSA) is 71.5 Å². The molecule has 0 aliphatic carbocycles. The number of rotatable bonds is 6. The van der Waals surface area contributed by atoms with E-state index in [0.717, 1.165) is 11.1 Å². The Morgan fingerprint density at radius 2 is 1.96 bits per heavy atom. The number of benzene rings is 1. The van der Waals surface area contributed by atoms with Crippen molar-refractivity contribution in [3.05, 3.63) is 59.8 Å². The van der Waals surface area contributed by atoms with E-state index in [9.17, 15) is 9.59 Å². The van der Waals surface area contributed by atoms with E-state index in [-0.39, 0.29) is 18.4 Å². The summed E-state index contributed by atoms with van der Waals surface area (Å²) in [5, 5.41) is 2.68. The number of pyridine rings is 1. The van der Waals surface area contributed by atoms with Gasteiger partial charge in [0.25, 0.3) is 5.91 Å². The van der Waals surface area contributed by atoms with Crippen LogP contribution in [0.3, 0.4) is 0 Å². The second-order valence-corrected chi connectivity index (χ2v) is 5.49. The molecule has 0 bridgehead atoms. The molecule has 6 nitrogen and oxygen atoms in total. The fraction of sp³-hybridized carbons (Fsp3) is 0.278. The molecule has 24 heavy (non-hydrogen) atoms. The molecule has 1 N–H and O–H groups in total. The maximum Gasteiger partial charge on any atom is 0.256 e. The molecule has 0 spiro atoms. The quantitative estimate of drug-likeness (QED) is 0.883. The van der Waals surface area contributed by atoms with Crippen LogP contribution in [0.25, 0.3) is 0 Å². The van der Waals surface area contributed by atoms with E-state index in [2.05, 4.69) is 10.3 Å². The number of nitrogens with one attached hydrogen (secondary N) is 1. The van der Waals surface area contributed by atoms with Gasteiger partial charge in [-0.3, -0.25) is 9.59 Å². The number of likely N-dealkylation sites (N-methyl/N-ethyl adjacent to an activating group) is 1. The van der Waals surface area contributed by atoms with E-state index >= 15 is 0 Å². The summed E-state index contributed by atoms with van der Waals surface area (Å²) in [6, 6.07) is 12.8. The largest absolute Gasteiger partial charge is 0.367 e. The van der Waals surface area contributed by atoms with Gasteiger partial charge >= 0.3 is 0 Å². The molecule has 6 heteroatoms. The molecule has 0 fully saturated rings.